The van der Waals surface area contributed by atoms with Crippen LogP contribution in [0.1, 0.15) is 48.2 Å². The molecule has 0 N–H and O–H groups in total. The van der Waals surface area contributed by atoms with Crippen LogP contribution in [0.15, 0.2) is 6.07 Å². The van der Waals surface area contributed by atoms with Crippen LogP contribution in [0.4, 0.5) is 0 Å². The molecule has 94 valence electrons. The van der Waals surface area contributed by atoms with Crippen molar-refractivity contribution in [1.29, 1.82) is 0 Å². The molecule has 2 nitrogen and oxygen atoms in total. The van der Waals surface area contributed by atoms with Gasteiger partial charge in [-0.25, -0.2) is 0 Å². The van der Waals surface area contributed by atoms with E-state index >= 15 is 0 Å². The lowest BCUT2D eigenvalue weighted by molar-refractivity contribution is 0.0983. The monoisotopic (exact) mass is 254 g/mol. The second kappa shape index (κ2) is 6.06. The molecule has 1 aromatic rings. The smallest absolute Gasteiger partial charge is 0.166 e. The first-order valence-electron chi connectivity index (χ1n) is 5.98. The molecule has 0 aliphatic rings. The molecule has 0 bridgehead atoms. The fourth-order valence-corrected chi connectivity index (χ4v) is 1.92. The summed E-state index contributed by atoms with van der Waals surface area (Å²) in [5.41, 5.74) is 2.41. The van der Waals surface area contributed by atoms with Crippen LogP contribution in [0.2, 0.25) is 5.02 Å². The molecule has 0 spiro atoms. The van der Waals surface area contributed by atoms with Crippen LogP contribution in [0.5, 0.6) is 5.75 Å². The van der Waals surface area contributed by atoms with Gasteiger partial charge in [-0.1, -0.05) is 25.4 Å². The molecule has 1 rings (SSSR count). The molecule has 3 heteroatoms. The average Bonchev–Trinajstić information content (AvgIpc) is 2.32. The first-order valence-corrected chi connectivity index (χ1v) is 6.36. The number of ketones is 1. The van der Waals surface area contributed by atoms with Crippen LogP contribution < -0.4 is 4.74 Å². The number of carbonyl (C=O) groups is 1. The summed E-state index contributed by atoms with van der Waals surface area (Å²) in [5, 5.41) is 0.658. The van der Waals surface area contributed by atoms with Gasteiger partial charge >= 0.3 is 0 Å². The maximum atomic E-state index is 11.9. The number of hydrogen-bond acceptors (Lipinski definition) is 2. The first kappa shape index (κ1) is 14.0. The number of rotatable bonds is 5. The minimum absolute atomic E-state index is 0.0792. The van der Waals surface area contributed by atoms with Gasteiger partial charge in [-0.15, -0.1) is 0 Å². The Morgan fingerprint density at radius 2 is 2.00 bits per heavy atom. The zero-order valence-corrected chi connectivity index (χ0v) is 11.6. The van der Waals surface area contributed by atoms with Gasteiger partial charge in [-0.05, 0) is 37.5 Å². The van der Waals surface area contributed by atoms with Crippen LogP contribution in [-0.4, -0.2) is 12.4 Å². The third-order valence-corrected chi connectivity index (χ3v) is 3.29. The van der Waals surface area contributed by atoms with Gasteiger partial charge in [0.05, 0.1) is 12.2 Å². The molecule has 0 radical (unpaired) electrons. The maximum absolute atomic E-state index is 11.9. The van der Waals surface area contributed by atoms with Gasteiger partial charge in [-0.2, -0.15) is 0 Å². The van der Waals surface area contributed by atoms with Crippen molar-refractivity contribution < 1.29 is 9.53 Å². The van der Waals surface area contributed by atoms with E-state index in [1.54, 1.807) is 0 Å². The summed E-state index contributed by atoms with van der Waals surface area (Å²) in [4.78, 5) is 11.9. The van der Waals surface area contributed by atoms with E-state index in [2.05, 4.69) is 0 Å². The van der Waals surface area contributed by atoms with Gasteiger partial charge < -0.3 is 4.74 Å². The molecule has 0 aromatic heterocycles. The third-order valence-electron chi connectivity index (χ3n) is 2.71. The Labute approximate surface area is 108 Å². The summed E-state index contributed by atoms with van der Waals surface area (Å²) >= 11 is 6.18. The minimum Gasteiger partial charge on any atom is -0.493 e. The van der Waals surface area contributed by atoms with Crippen molar-refractivity contribution in [2.24, 2.45) is 0 Å². The Balaban J connectivity index is 3.30. The van der Waals surface area contributed by atoms with E-state index in [-0.39, 0.29) is 5.78 Å². The van der Waals surface area contributed by atoms with Crippen LogP contribution in [0.3, 0.4) is 0 Å². The molecule has 0 fully saturated rings. The van der Waals surface area contributed by atoms with E-state index in [0.29, 0.717) is 29.4 Å². The van der Waals surface area contributed by atoms with Gasteiger partial charge in [0.1, 0.15) is 5.75 Å². The summed E-state index contributed by atoms with van der Waals surface area (Å²) in [5.74, 6) is 0.744. The van der Waals surface area contributed by atoms with Gasteiger partial charge in [0.25, 0.3) is 0 Å². The van der Waals surface area contributed by atoms with Crippen molar-refractivity contribution >= 4 is 17.4 Å². The van der Waals surface area contributed by atoms with Crippen LogP contribution >= 0.6 is 11.6 Å². The highest BCUT2D eigenvalue weighted by Gasteiger charge is 2.18. The molecule has 0 heterocycles. The zero-order chi connectivity index (χ0) is 13.0. The molecule has 1 aromatic carbocycles. The van der Waals surface area contributed by atoms with E-state index in [1.807, 2.05) is 33.8 Å². The maximum Gasteiger partial charge on any atom is 0.166 e. The fourth-order valence-electron chi connectivity index (χ4n) is 1.77. The number of halogens is 1. The lowest BCUT2D eigenvalue weighted by Crippen LogP contribution is -2.07. The van der Waals surface area contributed by atoms with Crippen molar-refractivity contribution in [1.82, 2.24) is 0 Å². The Bertz CT molecular complexity index is 425. The first-order chi connectivity index (χ1) is 8.02. The lowest BCUT2D eigenvalue weighted by atomic mass is 9.99. The molecule has 0 aliphatic heterocycles. The highest BCUT2D eigenvalue weighted by Crippen LogP contribution is 2.32. The summed E-state index contributed by atoms with van der Waals surface area (Å²) < 4.78 is 5.65. The SMILES string of the molecule is CCCOc1cc(C)c(Cl)c(C)c1C(=O)CC. The number of carbonyl (C=O) groups excluding carboxylic acids is 1. The third kappa shape index (κ3) is 3.01. The van der Waals surface area contributed by atoms with E-state index in [9.17, 15) is 4.79 Å². The molecule has 0 saturated heterocycles. The predicted molar refractivity (Wildman–Crippen MR) is 71.3 cm³/mol. The van der Waals surface area contributed by atoms with E-state index in [1.165, 1.54) is 0 Å². The van der Waals surface area contributed by atoms with Crippen molar-refractivity contribution in [3.8, 4) is 5.75 Å². The summed E-state index contributed by atoms with van der Waals surface area (Å²) in [6, 6.07) is 1.86. The highest BCUT2D eigenvalue weighted by atomic mass is 35.5. The number of Topliss-reactive ketones (excluding diaryl/α,β-unsaturated/α-hetero) is 1. The number of benzene rings is 1. The normalized spacial score (nSPS) is 10.4. The van der Waals surface area contributed by atoms with Crippen LogP contribution in [0.25, 0.3) is 0 Å². The second-order valence-electron chi connectivity index (χ2n) is 4.13. The van der Waals surface area contributed by atoms with Crippen molar-refractivity contribution in [2.75, 3.05) is 6.61 Å². The van der Waals surface area contributed by atoms with E-state index < -0.39 is 0 Å². The topological polar surface area (TPSA) is 26.3 Å². The van der Waals surface area contributed by atoms with Crippen LogP contribution in [-0.2, 0) is 0 Å². The highest BCUT2D eigenvalue weighted by molar-refractivity contribution is 6.32. The summed E-state index contributed by atoms with van der Waals surface area (Å²) in [7, 11) is 0. The lowest BCUT2D eigenvalue weighted by Gasteiger charge is -2.15. The summed E-state index contributed by atoms with van der Waals surface area (Å²) in [6.45, 7) is 8.30. The van der Waals surface area contributed by atoms with Crippen molar-refractivity contribution in [2.45, 2.75) is 40.5 Å². The van der Waals surface area contributed by atoms with Crippen LogP contribution in [0, 0.1) is 13.8 Å². The molecule has 0 unspecified atom stereocenters. The largest absolute Gasteiger partial charge is 0.493 e. The molecule has 0 amide bonds. The fraction of sp³-hybridized carbons (Fsp3) is 0.500. The van der Waals surface area contributed by atoms with Gasteiger partial charge in [0, 0.05) is 11.4 Å². The second-order valence-corrected chi connectivity index (χ2v) is 4.51. The minimum atomic E-state index is 0.0792. The summed E-state index contributed by atoms with van der Waals surface area (Å²) in [6.07, 6.45) is 1.38. The van der Waals surface area contributed by atoms with Gasteiger partial charge in [-0.3, -0.25) is 4.79 Å². The molecular weight excluding hydrogens is 236 g/mol. The zero-order valence-electron chi connectivity index (χ0n) is 10.9. The molecular formula is C14H19ClO2. The quantitative estimate of drug-likeness (QED) is 0.731. The van der Waals surface area contributed by atoms with Crippen molar-refractivity contribution in [3.63, 3.8) is 0 Å². The standard InChI is InChI=1S/C14H19ClO2/c1-5-7-17-12-8-9(3)14(15)10(4)13(12)11(16)6-2/h8H,5-7H2,1-4H3. The number of aryl methyl sites for hydroxylation is 1. The van der Waals surface area contributed by atoms with Gasteiger partial charge in [0.2, 0.25) is 0 Å². The Morgan fingerprint density at radius 1 is 1.35 bits per heavy atom. The Hall–Kier alpha value is -1.02. The van der Waals surface area contributed by atoms with E-state index in [4.69, 9.17) is 16.3 Å². The Morgan fingerprint density at radius 3 is 2.53 bits per heavy atom. The molecule has 0 saturated carbocycles. The van der Waals surface area contributed by atoms with Crippen molar-refractivity contribution in [3.05, 3.63) is 27.8 Å². The number of hydrogen-bond donors (Lipinski definition) is 0. The Kier molecular flexibility index (Phi) is 5.01. The molecule has 0 aliphatic carbocycles. The van der Waals surface area contributed by atoms with E-state index in [0.717, 1.165) is 17.5 Å². The molecule has 17 heavy (non-hydrogen) atoms. The van der Waals surface area contributed by atoms with Gasteiger partial charge in [0.15, 0.2) is 5.78 Å². The molecule has 0 atom stereocenters. The predicted octanol–water partition coefficient (Wildman–Crippen LogP) is 4.34. The number of ether oxygens (including phenoxy) is 1. The average molecular weight is 255 g/mol.